The average Bonchev–Trinajstić information content (AvgIpc) is 2.69. The number of aryl methyl sites for hydroxylation is 1. The van der Waals surface area contributed by atoms with Gasteiger partial charge in [-0.2, -0.15) is 0 Å². The molecule has 1 amide bonds. The lowest BCUT2D eigenvalue weighted by molar-refractivity contribution is -0.145. The van der Waals surface area contributed by atoms with Gasteiger partial charge in [0.25, 0.3) is 5.91 Å². The van der Waals surface area contributed by atoms with Crippen molar-refractivity contribution in [3.63, 3.8) is 0 Å². The molecule has 0 bridgehead atoms. The predicted molar refractivity (Wildman–Crippen MR) is 66.6 cm³/mol. The van der Waals surface area contributed by atoms with Gasteiger partial charge >= 0.3 is 11.9 Å². The van der Waals surface area contributed by atoms with Gasteiger partial charge < -0.3 is 20.1 Å². The number of aliphatic carboxylic acids is 2. The van der Waals surface area contributed by atoms with E-state index >= 15 is 0 Å². The highest BCUT2D eigenvalue weighted by atomic mass is 16.4. The second-order valence-electron chi connectivity index (χ2n) is 4.24. The molecule has 0 aliphatic heterocycles. The zero-order valence-electron chi connectivity index (χ0n) is 10.9. The van der Waals surface area contributed by atoms with Gasteiger partial charge in [-0.1, -0.05) is 0 Å². The van der Waals surface area contributed by atoms with E-state index in [1.54, 1.807) is 0 Å². The first-order chi connectivity index (χ1) is 9.22. The molecule has 20 heavy (non-hydrogen) atoms. The highest BCUT2D eigenvalue weighted by Gasteiger charge is 2.25. The molecule has 8 nitrogen and oxygen atoms in total. The number of hydrogen-bond acceptors (Lipinski definition) is 4. The summed E-state index contributed by atoms with van der Waals surface area (Å²) in [5, 5.41) is 19.5. The SMILES string of the molecule is CC(=O)c1cc(C(=O)NC(CC(=O)O)C(=O)O)n(C)c1. The number of hydrogen-bond donors (Lipinski definition) is 3. The van der Waals surface area contributed by atoms with Crippen molar-refractivity contribution in [1.29, 1.82) is 0 Å². The summed E-state index contributed by atoms with van der Waals surface area (Å²) in [7, 11) is 1.52. The van der Waals surface area contributed by atoms with Crippen molar-refractivity contribution >= 4 is 23.6 Å². The quantitative estimate of drug-likeness (QED) is 0.625. The Morgan fingerprint density at radius 1 is 1.30 bits per heavy atom. The second-order valence-corrected chi connectivity index (χ2v) is 4.24. The second kappa shape index (κ2) is 6.00. The Kier molecular flexibility index (Phi) is 4.63. The Labute approximate surface area is 114 Å². The highest BCUT2D eigenvalue weighted by molar-refractivity contribution is 6.00. The number of Topliss-reactive ketones (excluding diaryl/α,β-unsaturated/α-hetero) is 1. The van der Waals surface area contributed by atoms with Crippen LogP contribution >= 0.6 is 0 Å². The average molecular weight is 282 g/mol. The molecule has 0 saturated heterocycles. The molecule has 1 rings (SSSR count). The Bertz CT molecular complexity index is 575. The summed E-state index contributed by atoms with van der Waals surface area (Å²) in [5.41, 5.74) is 0.384. The lowest BCUT2D eigenvalue weighted by Gasteiger charge is -2.12. The molecule has 1 atom stereocenters. The van der Waals surface area contributed by atoms with Crippen molar-refractivity contribution < 1.29 is 29.4 Å². The Hall–Kier alpha value is -2.64. The molecule has 8 heteroatoms. The number of amides is 1. The Morgan fingerprint density at radius 2 is 1.90 bits per heavy atom. The van der Waals surface area contributed by atoms with Gasteiger partial charge in [0.05, 0.1) is 6.42 Å². The maximum absolute atomic E-state index is 11.9. The van der Waals surface area contributed by atoms with Crippen molar-refractivity contribution in [3.8, 4) is 0 Å². The van der Waals surface area contributed by atoms with Crippen LogP contribution in [0.15, 0.2) is 12.3 Å². The van der Waals surface area contributed by atoms with Crippen LogP contribution in [0.4, 0.5) is 0 Å². The van der Waals surface area contributed by atoms with Crippen LogP contribution in [0.2, 0.25) is 0 Å². The van der Waals surface area contributed by atoms with Crippen LogP contribution in [0.3, 0.4) is 0 Å². The minimum Gasteiger partial charge on any atom is -0.481 e. The summed E-state index contributed by atoms with van der Waals surface area (Å²) in [6, 6.07) is -0.215. The third-order valence-corrected chi connectivity index (χ3v) is 2.63. The third-order valence-electron chi connectivity index (χ3n) is 2.63. The normalized spacial score (nSPS) is 11.7. The fraction of sp³-hybridized carbons (Fsp3) is 0.333. The van der Waals surface area contributed by atoms with E-state index in [1.165, 1.54) is 30.8 Å². The molecule has 0 aliphatic rings. The topological polar surface area (TPSA) is 126 Å². The lowest BCUT2D eigenvalue weighted by atomic mass is 10.2. The van der Waals surface area contributed by atoms with E-state index in [0.717, 1.165) is 0 Å². The molecule has 1 heterocycles. The van der Waals surface area contributed by atoms with Gasteiger partial charge in [-0.3, -0.25) is 14.4 Å². The molecule has 3 N–H and O–H groups in total. The van der Waals surface area contributed by atoms with Crippen molar-refractivity contribution in [2.24, 2.45) is 7.05 Å². The summed E-state index contributed by atoms with van der Waals surface area (Å²) in [5.74, 6) is -3.77. The van der Waals surface area contributed by atoms with Crippen LogP contribution in [-0.2, 0) is 16.6 Å². The van der Waals surface area contributed by atoms with Crippen LogP contribution in [0.25, 0.3) is 0 Å². The van der Waals surface area contributed by atoms with E-state index in [4.69, 9.17) is 10.2 Å². The van der Waals surface area contributed by atoms with Crippen LogP contribution < -0.4 is 5.32 Å². The lowest BCUT2D eigenvalue weighted by Crippen LogP contribution is -2.42. The Morgan fingerprint density at radius 3 is 2.30 bits per heavy atom. The summed E-state index contributed by atoms with van der Waals surface area (Å²) in [6.45, 7) is 1.33. The number of rotatable bonds is 6. The molecule has 1 unspecified atom stereocenters. The summed E-state index contributed by atoms with van der Waals surface area (Å²) >= 11 is 0. The smallest absolute Gasteiger partial charge is 0.326 e. The van der Waals surface area contributed by atoms with E-state index in [-0.39, 0.29) is 11.5 Å². The minimum atomic E-state index is -1.53. The van der Waals surface area contributed by atoms with E-state index in [1.807, 2.05) is 0 Å². The van der Waals surface area contributed by atoms with E-state index < -0.39 is 30.3 Å². The number of nitrogens with one attached hydrogen (secondary N) is 1. The number of carbonyl (C=O) groups is 4. The number of ketones is 1. The summed E-state index contributed by atoms with van der Waals surface area (Å²) in [4.78, 5) is 44.5. The Balaban J connectivity index is 2.91. The zero-order chi connectivity index (χ0) is 15.4. The van der Waals surface area contributed by atoms with Crippen molar-refractivity contribution in [3.05, 3.63) is 23.5 Å². The van der Waals surface area contributed by atoms with Crippen LogP contribution in [0.5, 0.6) is 0 Å². The molecule has 0 fully saturated rings. The first-order valence-corrected chi connectivity index (χ1v) is 5.65. The van der Waals surface area contributed by atoms with Gasteiger partial charge in [0.1, 0.15) is 11.7 Å². The van der Waals surface area contributed by atoms with E-state index in [9.17, 15) is 19.2 Å². The number of aromatic nitrogens is 1. The monoisotopic (exact) mass is 282 g/mol. The first kappa shape index (κ1) is 15.4. The van der Waals surface area contributed by atoms with Gasteiger partial charge in [0.2, 0.25) is 0 Å². The first-order valence-electron chi connectivity index (χ1n) is 5.65. The molecule has 0 radical (unpaired) electrons. The van der Waals surface area contributed by atoms with Crippen molar-refractivity contribution in [1.82, 2.24) is 9.88 Å². The molecule has 1 aromatic rings. The minimum absolute atomic E-state index is 0.0758. The highest BCUT2D eigenvalue weighted by Crippen LogP contribution is 2.08. The van der Waals surface area contributed by atoms with Gasteiger partial charge in [-0.15, -0.1) is 0 Å². The molecular weight excluding hydrogens is 268 g/mol. The van der Waals surface area contributed by atoms with E-state index in [0.29, 0.717) is 5.56 Å². The fourth-order valence-electron chi connectivity index (χ4n) is 1.59. The van der Waals surface area contributed by atoms with Crippen LogP contribution in [0, 0.1) is 0 Å². The van der Waals surface area contributed by atoms with Crippen molar-refractivity contribution in [2.75, 3.05) is 0 Å². The number of carboxylic acid groups (broad SMARTS) is 2. The molecule has 0 saturated carbocycles. The number of carbonyl (C=O) groups excluding carboxylic acids is 2. The summed E-state index contributed by atoms with van der Waals surface area (Å²) < 4.78 is 1.37. The number of nitrogens with zero attached hydrogens (tertiary/aromatic N) is 1. The van der Waals surface area contributed by atoms with Gasteiger partial charge in [-0.25, -0.2) is 4.79 Å². The zero-order valence-corrected chi connectivity index (χ0v) is 10.9. The summed E-state index contributed by atoms with van der Waals surface area (Å²) in [6.07, 6.45) is 0.704. The number of carboxylic acids is 2. The van der Waals surface area contributed by atoms with E-state index in [2.05, 4.69) is 5.32 Å². The molecule has 0 aromatic carbocycles. The fourth-order valence-corrected chi connectivity index (χ4v) is 1.59. The van der Waals surface area contributed by atoms with Gasteiger partial charge in [-0.05, 0) is 13.0 Å². The van der Waals surface area contributed by atoms with Crippen molar-refractivity contribution in [2.45, 2.75) is 19.4 Å². The maximum Gasteiger partial charge on any atom is 0.326 e. The van der Waals surface area contributed by atoms with Crippen LogP contribution in [-0.4, -0.2) is 44.5 Å². The van der Waals surface area contributed by atoms with Crippen LogP contribution in [0.1, 0.15) is 34.2 Å². The maximum atomic E-state index is 11.9. The van der Waals surface area contributed by atoms with Gasteiger partial charge in [0, 0.05) is 18.8 Å². The molecule has 108 valence electrons. The molecular formula is C12H14N2O6. The molecule has 0 spiro atoms. The third kappa shape index (κ3) is 3.67. The molecule has 0 aliphatic carbocycles. The predicted octanol–water partition coefficient (Wildman–Crippen LogP) is -0.115. The molecule has 1 aromatic heterocycles. The largest absolute Gasteiger partial charge is 0.481 e. The standard InChI is InChI=1S/C12H14N2O6/c1-6(15)7-3-9(14(2)5-7)11(18)13-8(12(19)20)4-10(16)17/h3,5,8H,4H2,1-2H3,(H,13,18)(H,16,17)(H,19,20). The van der Waals surface area contributed by atoms with Gasteiger partial charge in [0.15, 0.2) is 5.78 Å².